The Balaban J connectivity index is 1.27. The molecule has 1 aromatic heterocycles. The second kappa shape index (κ2) is 13.6. The van der Waals surface area contributed by atoms with E-state index in [1.54, 1.807) is 72.8 Å². The molecule has 0 aliphatic carbocycles. The zero-order chi connectivity index (χ0) is 29.2. The summed E-state index contributed by atoms with van der Waals surface area (Å²) in [7, 11) is -3.58. The van der Waals surface area contributed by atoms with Gasteiger partial charge in [-0.3, -0.25) is 13.9 Å². The van der Waals surface area contributed by atoms with Gasteiger partial charge in [0.2, 0.25) is 10.0 Å². The first-order valence-electron chi connectivity index (χ1n) is 12.3. The lowest BCUT2D eigenvalue weighted by Gasteiger charge is -2.22. The van der Waals surface area contributed by atoms with Crippen LogP contribution in [0.15, 0.2) is 101 Å². The Morgan fingerprint density at radius 3 is 2.34 bits per heavy atom. The van der Waals surface area contributed by atoms with Crippen LogP contribution in [0.3, 0.4) is 0 Å². The highest BCUT2D eigenvalue weighted by Crippen LogP contribution is 2.22. The third-order valence-corrected chi connectivity index (χ3v) is 7.12. The van der Waals surface area contributed by atoms with Crippen LogP contribution in [0, 0.1) is 0 Å². The van der Waals surface area contributed by atoms with Crippen molar-refractivity contribution >= 4 is 45.3 Å². The molecule has 0 spiro atoms. The van der Waals surface area contributed by atoms with Gasteiger partial charge < -0.3 is 14.5 Å². The van der Waals surface area contributed by atoms with Crippen molar-refractivity contribution < 1.29 is 27.2 Å². The molecule has 4 rings (SSSR count). The summed E-state index contributed by atoms with van der Waals surface area (Å²) < 4.78 is 36.7. The van der Waals surface area contributed by atoms with Crippen LogP contribution in [0.25, 0.3) is 0 Å². The lowest BCUT2D eigenvalue weighted by atomic mass is 10.2. The number of ether oxygens (including phenoxy) is 1. The number of nitrogens with one attached hydrogen (secondary N) is 2. The molecule has 2 amide bonds. The number of benzene rings is 3. The Kier molecular flexibility index (Phi) is 9.77. The number of carbonyl (C=O) groups excluding carboxylic acids is 2. The molecule has 0 radical (unpaired) electrons. The van der Waals surface area contributed by atoms with Gasteiger partial charge in [-0.2, -0.15) is 5.10 Å². The van der Waals surface area contributed by atoms with E-state index in [-0.39, 0.29) is 25.6 Å². The average molecular weight is 595 g/mol. The number of anilines is 1. The van der Waals surface area contributed by atoms with E-state index in [0.29, 0.717) is 33.3 Å². The molecule has 1 heterocycles. The fraction of sp³-hybridized carbons (Fsp3) is 0.138. The molecule has 0 unspecified atom stereocenters. The minimum Gasteiger partial charge on any atom is -0.484 e. The molecule has 10 nitrogen and oxygen atoms in total. The van der Waals surface area contributed by atoms with E-state index < -0.39 is 15.9 Å². The third kappa shape index (κ3) is 8.95. The SMILES string of the molecule is CS(=O)(=O)N(Cc1ccc(Cl)cc1)c1ccc(C(=O)N/N=C/c2ccc(OCC(=O)NCc3ccco3)cc2)cc1. The normalized spacial score (nSPS) is 11.3. The van der Waals surface area contributed by atoms with Crippen LogP contribution >= 0.6 is 11.6 Å². The molecule has 12 heteroatoms. The molecule has 0 aliphatic heterocycles. The van der Waals surface area contributed by atoms with E-state index in [2.05, 4.69) is 15.8 Å². The quantitative estimate of drug-likeness (QED) is 0.185. The molecule has 2 N–H and O–H groups in total. The Bertz CT molecular complexity index is 1590. The molecule has 3 aromatic carbocycles. The number of halogens is 1. The molecule has 4 aromatic rings. The van der Waals surface area contributed by atoms with Gasteiger partial charge in [0, 0.05) is 10.6 Å². The van der Waals surface area contributed by atoms with Crippen LogP contribution < -0.4 is 19.8 Å². The standard InChI is InChI=1S/C29H27ClN4O6S/c1-41(37,38)34(19-22-4-10-24(30)11-5-22)25-12-8-23(9-13-25)29(36)33-32-17-21-6-14-26(15-7-21)40-20-28(35)31-18-27-3-2-16-39-27/h2-17H,18-20H2,1H3,(H,31,35)(H,33,36)/b32-17+. The van der Waals surface area contributed by atoms with Crippen molar-refractivity contribution in [3.05, 3.63) is 119 Å². The van der Waals surface area contributed by atoms with E-state index in [0.717, 1.165) is 11.8 Å². The highest BCUT2D eigenvalue weighted by atomic mass is 35.5. The number of furan rings is 1. The summed E-state index contributed by atoms with van der Waals surface area (Å²) >= 11 is 5.92. The largest absolute Gasteiger partial charge is 0.484 e. The number of hydrazone groups is 1. The van der Waals surface area contributed by atoms with E-state index >= 15 is 0 Å². The second-order valence-corrected chi connectivity index (χ2v) is 11.2. The minimum atomic E-state index is -3.58. The van der Waals surface area contributed by atoms with Gasteiger partial charge in [0.25, 0.3) is 11.8 Å². The highest BCUT2D eigenvalue weighted by Gasteiger charge is 2.18. The van der Waals surface area contributed by atoms with Crippen molar-refractivity contribution in [1.82, 2.24) is 10.7 Å². The maximum atomic E-state index is 12.5. The molecule has 0 bridgehead atoms. The van der Waals surface area contributed by atoms with Gasteiger partial charge in [-0.25, -0.2) is 13.8 Å². The summed E-state index contributed by atoms with van der Waals surface area (Å²) in [5.74, 6) is 0.402. The van der Waals surface area contributed by atoms with Crippen molar-refractivity contribution in [3.8, 4) is 5.75 Å². The topological polar surface area (TPSA) is 130 Å². The summed E-state index contributed by atoms with van der Waals surface area (Å²) in [4.78, 5) is 24.4. The molecule has 0 saturated heterocycles. The van der Waals surface area contributed by atoms with E-state index in [9.17, 15) is 18.0 Å². The number of carbonyl (C=O) groups is 2. The van der Waals surface area contributed by atoms with Crippen LogP contribution in [-0.2, 0) is 27.9 Å². The molecule has 0 aliphatic rings. The summed E-state index contributed by atoms with van der Waals surface area (Å²) in [6, 6.07) is 23.4. The van der Waals surface area contributed by atoms with Gasteiger partial charge in [0.15, 0.2) is 6.61 Å². The average Bonchev–Trinajstić information content (AvgIpc) is 3.49. The Labute approximate surface area is 242 Å². The van der Waals surface area contributed by atoms with Crippen molar-refractivity contribution in [3.63, 3.8) is 0 Å². The van der Waals surface area contributed by atoms with Crippen molar-refractivity contribution in [2.75, 3.05) is 17.2 Å². The maximum absolute atomic E-state index is 12.5. The van der Waals surface area contributed by atoms with E-state index in [4.69, 9.17) is 20.8 Å². The minimum absolute atomic E-state index is 0.120. The third-order valence-electron chi connectivity index (χ3n) is 5.73. The highest BCUT2D eigenvalue weighted by molar-refractivity contribution is 7.92. The Morgan fingerprint density at radius 2 is 1.71 bits per heavy atom. The molecule has 0 saturated carbocycles. The van der Waals surface area contributed by atoms with Crippen molar-refractivity contribution in [2.45, 2.75) is 13.1 Å². The smallest absolute Gasteiger partial charge is 0.271 e. The van der Waals surface area contributed by atoms with Gasteiger partial charge in [-0.1, -0.05) is 23.7 Å². The van der Waals surface area contributed by atoms with Crippen LogP contribution in [0.4, 0.5) is 5.69 Å². The summed E-state index contributed by atoms with van der Waals surface area (Å²) in [6.45, 7) is 0.255. The molecule has 212 valence electrons. The van der Waals surface area contributed by atoms with Crippen molar-refractivity contribution in [1.29, 1.82) is 0 Å². The molecule has 0 fully saturated rings. The van der Waals surface area contributed by atoms with Crippen LogP contribution in [-0.4, -0.2) is 39.3 Å². The van der Waals surface area contributed by atoms with Gasteiger partial charge in [0.1, 0.15) is 11.5 Å². The van der Waals surface area contributed by atoms with Gasteiger partial charge in [0.05, 0.1) is 37.5 Å². The molecule has 0 atom stereocenters. The number of rotatable bonds is 12. The molecular formula is C29H27ClN4O6S. The first-order valence-corrected chi connectivity index (χ1v) is 14.6. The number of hydrogen-bond donors (Lipinski definition) is 2. The number of nitrogens with zero attached hydrogens (tertiary/aromatic N) is 2. The molecule has 41 heavy (non-hydrogen) atoms. The summed E-state index contributed by atoms with van der Waals surface area (Å²) in [5.41, 5.74) is 4.63. The lowest BCUT2D eigenvalue weighted by molar-refractivity contribution is -0.123. The lowest BCUT2D eigenvalue weighted by Crippen LogP contribution is -2.29. The van der Waals surface area contributed by atoms with Crippen molar-refractivity contribution in [2.24, 2.45) is 5.10 Å². The zero-order valence-corrected chi connectivity index (χ0v) is 23.6. The predicted octanol–water partition coefficient (Wildman–Crippen LogP) is 4.36. The maximum Gasteiger partial charge on any atom is 0.271 e. The van der Waals surface area contributed by atoms with Gasteiger partial charge in [-0.15, -0.1) is 0 Å². The van der Waals surface area contributed by atoms with Gasteiger partial charge in [-0.05, 0) is 83.9 Å². The summed E-state index contributed by atoms with van der Waals surface area (Å²) in [6.07, 6.45) is 4.12. The van der Waals surface area contributed by atoms with Crippen LogP contribution in [0.5, 0.6) is 5.75 Å². The van der Waals surface area contributed by atoms with E-state index in [1.165, 1.54) is 28.9 Å². The predicted molar refractivity (Wildman–Crippen MR) is 156 cm³/mol. The fourth-order valence-corrected chi connectivity index (χ4v) is 4.63. The Hall–Kier alpha value is -4.61. The van der Waals surface area contributed by atoms with Gasteiger partial charge >= 0.3 is 0 Å². The number of hydrogen-bond acceptors (Lipinski definition) is 7. The second-order valence-electron chi connectivity index (χ2n) is 8.86. The number of amides is 2. The van der Waals surface area contributed by atoms with Crippen LogP contribution in [0.2, 0.25) is 5.02 Å². The fourth-order valence-electron chi connectivity index (χ4n) is 3.61. The first kappa shape index (κ1) is 29.4. The zero-order valence-electron chi connectivity index (χ0n) is 22.0. The first-order chi connectivity index (χ1) is 19.7. The number of sulfonamides is 1. The molecular weight excluding hydrogens is 568 g/mol. The monoisotopic (exact) mass is 594 g/mol. The summed E-state index contributed by atoms with van der Waals surface area (Å²) in [5, 5.41) is 7.23. The van der Waals surface area contributed by atoms with E-state index in [1.807, 2.05) is 0 Å². The Morgan fingerprint density at radius 1 is 1.00 bits per heavy atom. The van der Waals surface area contributed by atoms with Crippen LogP contribution in [0.1, 0.15) is 27.2 Å².